The Kier molecular flexibility index (Phi) is 9.22. The standard InChI is InChI=1S/C17H11F2N3.C12H8BrFN2.C5H5BFNO2/c1-22-15-6-10(11-3-5-16(19)21-7-11)2-4-12(15)13-8-20-9-14(18)17(13)22;1-16-11-4-7(13)2-3-8(11)9-5-15-6-10(14)12(9)16;7-5-2-1-4(3-8-5)6(9)10/h2-9H,1H3;2-6H,1H3;1-3,9-10H. The monoisotopic (exact) mass is 714 g/mol. The van der Waals surface area contributed by atoms with Gasteiger partial charge < -0.3 is 19.2 Å². The minimum atomic E-state index is -1.58. The van der Waals surface area contributed by atoms with Crippen molar-refractivity contribution in [2.75, 3.05) is 0 Å². The predicted molar refractivity (Wildman–Crippen MR) is 181 cm³/mol. The van der Waals surface area contributed by atoms with Crippen LogP contribution in [0.15, 0.2) is 102 Å². The zero-order valence-corrected chi connectivity index (χ0v) is 26.9. The van der Waals surface area contributed by atoms with E-state index in [0.717, 1.165) is 60.4 Å². The first-order chi connectivity index (χ1) is 23.0. The van der Waals surface area contributed by atoms with Gasteiger partial charge in [-0.3, -0.25) is 9.97 Å². The number of aryl methyl sites for hydroxylation is 2. The number of hydrogen-bond acceptors (Lipinski definition) is 6. The summed E-state index contributed by atoms with van der Waals surface area (Å²) in [6.07, 6.45) is 8.39. The van der Waals surface area contributed by atoms with Crippen molar-refractivity contribution in [1.29, 1.82) is 0 Å². The highest BCUT2D eigenvalue weighted by atomic mass is 79.9. The Morgan fingerprint density at radius 2 is 1.10 bits per heavy atom. The van der Waals surface area contributed by atoms with Gasteiger partial charge in [0, 0.05) is 81.4 Å². The molecule has 0 atom stereocenters. The lowest BCUT2D eigenvalue weighted by atomic mass is 9.82. The molecule has 2 N–H and O–H groups in total. The number of pyridine rings is 4. The second-order valence-electron chi connectivity index (χ2n) is 10.7. The zero-order valence-electron chi connectivity index (χ0n) is 25.3. The lowest BCUT2D eigenvalue weighted by Gasteiger charge is -2.03. The van der Waals surface area contributed by atoms with Gasteiger partial charge in [0.25, 0.3) is 0 Å². The molecule has 240 valence electrons. The van der Waals surface area contributed by atoms with E-state index in [9.17, 15) is 17.6 Å². The van der Waals surface area contributed by atoms with Crippen LogP contribution in [0, 0.1) is 23.5 Å². The SMILES string of the molecule is Cn1c2cc(-c3ccc(F)nc3)ccc2c2cncc(F)c21.Cn1c2cc(Br)ccc2c2cncc(F)c21.OB(O)c1ccc(F)nc1. The minimum absolute atomic E-state index is 0.182. The number of nitrogens with zero attached hydrogens (tertiary/aromatic N) is 6. The van der Waals surface area contributed by atoms with Gasteiger partial charge in [-0.05, 0) is 42.0 Å². The average Bonchev–Trinajstić information content (AvgIpc) is 3.53. The summed E-state index contributed by atoms with van der Waals surface area (Å²) < 4.78 is 57.4. The van der Waals surface area contributed by atoms with Crippen LogP contribution >= 0.6 is 15.9 Å². The first-order valence-corrected chi connectivity index (χ1v) is 15.1. The maximum Gasteiger partial charge on any atom is 0.490 e. The summed E-state index contributed by atoms with van der Waals surface area (Å²) in [7, 11) is 2.11. The summed E-state index contributed by atoms with van der Waals surface area (Å²) in [5.41, 5.74) is 4.91. The molecule has 14 heteroatoms. The molecule has 8 aromatic rings. The fourth-order valence-electron chi connectivity index (χ4n) is 5.49. The second-order valence-corrected chi connectivity index (χ2v) is 11.6. The number of halogens is 5. The third-order valence-electron chi connectivity index (χ3n) is 7.79. The summed E-state index contributed by atoms with van der Waals surface area (Å²) in [6.45, 7) is 0. The Bertz CT molecular complexity index is 2420. The topological polar surface area (TPSA) is 102 Å². The van der Waals surface area contributed by atoms with Crippen molar-refractivity contribution >= 4 is 72.1 Å². The van der Waals surface area contributed by atoms with Crippen LogP contribution in [0.2, 0.25) is 0 Å². The lowest BCUT2D eigenvalue weighted by molar-refractivity contribution is 0.425. The Balaban J connectivity index is 0.000000135. The molecular formula is C34H24BBrF4N6O2. The lowest BCUT2D eigenvalue weighted by Crippen LogP contribution is -2.30. The number of rotatable bonds is 2. The van der Waals surface area contributed by atoms with Crippen LogP contribution in [0.25, 0.3) is 54.7 Å². The Morgan fingerprint density at radius 1 is 0.583 bits per heavy atom. The number of hydrogen-bond donors (Lipinski definition) is 2. The van der Waals surface area contributed by atoms with E-state index in [4.69, 9.17) is 10.0 Å². The molecule has 2 aromatic carbocycles. The Hall–Kier alpha value is -5.18. The summed E-state index contributed by atoms with van der Waals surface area (Å²) in [5, 5.41) is 20.6. The molecular weight excluding hydrogens is 691 g/mol. The van der Waals surface area contributed by atoms with Gasteiger partial charge in [0.2, 0.25) is 11.9 Å². The summed E-state index contributed by atoms with van der Waals surface area (Å²) in [5.74, 6) is -1.78. The predicted octanol–water partition coefficient (Wildman–Crippen LogP) is 6.60. The van der Waals surface area contributed by atoms with Crippen molar-refractivity contribution in [3.05, 3.63) is 126 Å². The van der Waals surface area contributed by atoms with Crippen molar-refractivity contribution in [2.45, 2.75) is 0 Å². The molecule has 0 radical (unpaired) electrons. The number of benzene rings is 2. The molecule has 48 heavy (non-hydrogen) atoms. The maximum absolute atomic E-state index is 14.0. The van der Waals surface area contributed by atoms with E-state index in [-0.39, 0.29) is 17.1 Å². The van der Waals surface area contributed by atoms with Crippen LogP contribution < -0.4 is 5.46 Å². The van der Waals surface area contributed by atoms with Gasteiger partial charge in [0.15, 0.2) is 11.6 Å². The molecule has 0 aliphatic heterocycles. The van der Waals surface area contributed by atoms with Crippen molar-refractivity contribution in [3.8, 4) is 11.1 Å². The van der Waals surface area contributed by atoms with E-state index in [1.54, 1.807) is 18.5 Å². The van der Waals surface area contributed by atoms with E-state index >= 15 is 0 Å². The first kappa shape index (κ1) is 32.8. The largest absolute Gasteiger partial charge is 0.490 e. The molecule has 0 spiro atoms. The molecule has 0 amide bonds. The van der Waals surface area contributed by atoms with Gasteiger partial charge >= 0.3 is 7.12 Å². The minimum Gasteiger partial charge on any atom is -0.423 e. The molecule has 0 unspecified atom stereocenters. The fraction of sp³-hybridized carbons (Fsp3) is 0.0588. The van der Waals surface area contributed by atoms with Crippen LogP contribution in [-0.2, 0) is 14.1 Å². The second kappa shape index (κ2) is 13.5. The van der Waals surface area contributed by atoms with Crippen LogP contribution in [-0.4, -0.2) is 46.2 Å². The normalized spacial score (nSPS) is 11.0. The third kappa shape index (κ3) is 6.37. The van der Waals surface area contributed by atoms with E-state index < -0.39 is 19.0 Å². The van der Waals surface area contributed by atoms with Gasteiger partial charge in [0.1, 0.15) is 0 Å². The van der Waals surface area contributed by atoms with Crippen LogP contribution in [0.1, 0.15) is 0 Å². The molecule has 8 nitrogen and oxygen atoms in total. The molecule has 0 aliphatic rings. The van der Waals surface area contributed by atoms with E-state index in [1.165, 1.54) is 30.7 Å². The van der Waals surface area contributed by atoms with Gasteiger partial charge in [-0.25, -0.2) is 18.7 Å². The molecule has 6 aromatic heterocycles. The van der Waals surface area contributed by atoms with Crippen LogP contribution in [0.4, 0.5) is 17.6 Å². The van der Waals surface area contributed by atoms with E-state index in [2.05, 4.69) is 35.9 Å². The molecule has 0 aliphatic carbocycles. The van der Waals surface area contributed by atoms with Crippen LogP contribution in [0.5, 0.6) is 0 Å². The quantitative estimate of drug-likeness (QED) is 0.119. The number of aromatic nitrogens is 6. The summed E-state index contributed by atoms with van der Waals surface area (Å²) in [6, 6.07) is 17.0. The molecule has 0 saturated carbocycles. The molecule has 0 saturated heterocycles. The Morgan fingerprint density at radius 3 is 1.62 bits per heavy atom. The van der Waals surface area contributed by atoms with Crippen molar-refractivity contribution in [2.24, 2.45) is 14.1 Å². The highest BCUT2D eigenvalue weighted by Gasteiger charge is 2.14. The first-order valence-electron chi connectivity index (χ1n) is 14.3. The molecule has 8 rings (SSSR count). The maximum atomic E-state index is 14.0. The summed E-state index contributed by atoms with van der Waals surface area (Å²) >= 11 is 3.42. The van der Waals surface area contributed by atoms with E-state index in [1.807, 2.05) is 59.6 Å². The van der Waals surface area contributed by atoms with Gasteiger partial charge in [-0.15, -0.1) is 0 Å². The van der Waals surface area contributed by atoms with Gasteiger partial charge in [-0.2, -0.15) is 8.78 Å². The van der Waals surface area contributed by atoms with Crippen molar-refractivity contribution in [1.82, 2.24) is 29.1 Å². The summed E-state index contributed by atoms with van der Waals surface area (Å²) in [4.78, 5) is 14.7. The molecule has 0 bridgehead atoms. The highest BCUT2D eigenvalue weighted by Crippen LogP contribution is 2.33. The molecule has 6 heterocycles. The zero-order chi connectivity index (χ0) is 34.1. The average molecular weight is 715 g/mol. The highest BCUT2D eigenvalue weighted by molar-refractivity contribution is 9.10. The third-order valence-corrected chi connectivity index (χ3v) is 8.28. The fourth-order valence-corrected chi connectivity index (χ4v) is 5.84. The van der Waals surface area contributed by atoms with Crippen molar-refractivity contribution in [3.63, 3.8) is 0 Å². The number of fused-ring (bicyclic) bond motifs is 6. The molecule has 0 fully saturated rings. The Labute approximate surface area is 279 Å². The van der Waals surface area contributed by atoms with Gasteiger partial charge in [0.05, 0.1) is 28.9 Å². The van der Waals surface area contributed by atoms with Crippen LogP contribution in [0.3, 0.4) is 0 Å². The van der Waals surface area contributed by atoms with E-state index in [0.29, 0.717) is 11.0 Å². The smallest absolute Gasteiger partial charge is 0.423 e. The van der Waals surface area contributed by atoms with Crippen molar-refractivity contribution < 1.29 is 27.6 Å². The van der Waals surface area contributed by atoms with Gasteiger partial charge in [-0.1, -0.05) is 40.2 Å².